The van der Waals surface area contributed by atoms with Crippen LogP contribution in [0.15, 0.2) is 12.1 Å². The first kappa shape index (κ1) is 13.6. The van der Waals surface area contributed by atoms with Crippen LogP contribution in [-0.2, 0) is 11.3 Å². The van der Waals surface area contributed by atoms with Crippen molar-refractivity contribution in [2.45, 2.75) is 25.9 Å². The second-order valence-corrected chi connectivity index (χ2v) is 4.62. The first-order valence-corrected chi connectivity index (χ1v) is 6.13. The molecule has 0 aromatic heterocycles. The number of carbonyl (C=O) groups is 1. The average Bonchev–Trinajstić information content (AvgIpc) is 2.75. The van der Waals surface area contributed by atoms with Gasteiger partial charge in [0.05, 0.1) is 6.42 Å². The van der Waals surface area contributed by atoms with Crippen molar-refractivity contribution in [1.29, 1.82) is 0 Å². The highest BCUT2D eigenvalue weighted by Crippen LogP contribution is 2.34. The van der Waals surface area contributed by atoms with E-state index in [1.807, 2.05) is 19.1 Å². The van der Waals surface area contributed by atoms with Crippen LogP contribution in [0.25, 0.3) is 0 Å². The highest BCUT2D eigenvalue weighted by atomic mass is 16.7. The Hall–Kier alpha value is -1.79. The maximum absolute atomic E-state index is 10.5. The van der Waals surface area contributed by atoms with E-state index in [0.29, 0.717) is 13.1 Å². The standard InChI is InChI=1S/C13H18N2O4/c1-8-2-11-12(19-7-18-11)3-9(8)5-15-6-10(14)4-13(16)17/h2-3,10,15H,4-7,14H2,1H3,(H,16,17). The minimum Gasteiger partial charge on any atom is -0.481 e. The number of ether oxygens (including phenoxy) is 2. The van der Waals surface area contributed by atoms with Gasteiger partial charge in [0.1, 0.15) is 0 Å². The van der Waals surface area contributed by atoms with Gasteiger partial charge in [0.25, 0.3) is 0 Å². The predicted octanol–water partition coefficient (Wildman–Crippen LogP) is 0.615. The zero-order valence-corrected chi connectivity index (χ0v) is 10.8. The fourth-order valence-electron chi connectivity index (χ4n) is 1.96. The molecule has 4 N–H and O–H groups in total. The van der Waals surface area contributed by atoms with E-state index in [0.717, 1.165) is 22.6 Å². The lowest BCUT2D eigenvalue weighted by Crippen LogP contribution is -2.35. The summed E-state index contributed by atoms with van der Waals surface area (Å²) < 4.78 is 10.6. The largest absolute Gasteiger partial charge is 0.481 e. The van der Waals surface area contributed by atoms with E-state index in [-0.39, 0.29) is 19.3 Å². The molecule has 1 heterocycles. The van der Waals surface area contributed by atoms with Gasteiger partial charge in [-0.05, 0) is 30.2 Å². The monoisotopic (exact) mass is 266 g/mol. The van der Waals surface area contributed by atoms with E-state index in [4.69, 9.17) is 20.3 Å². The summed E-state index contributed by atoms with van der Waals surface area (Å²) in [6.45, 7) is 3.33. The number of hydrogen-bond donors (Lipinski definition) is 3. The third-order valence-electron chi connectivity index (χ3n) is 2.99. The number of aliphatic carboxylic acids is 1. The molecule has 0 saturated carbocycles. The van der Waals surface area contributed by atoms with E-state index in [1.165, 1.54) is 0 Å². The zero-order chi connectivity index (χ0) is 13.8. The van der Waals surface area contributed by atoms with Crippen LogP contribution < -0.4 is 20.5 Å². The molecule has 1 unspecified atom stereocenters. The van der Waals surface area contributed by atoms with Crippen molar-refractivity contribution >= 4 is 5.97 Å². The van der Waals surface area contributed by atoms with Crippen molar-refractivity contribution in [1.82, 2.24) is 5.32 Å². The van der Waals surface area contributed by atoms with Gasteiger partial charge < -0.3 is 25.6 Å². The normalized spacial score (nSPS) is 14.4. The second kappa shape index (κ2) is 5.90. The number of rotatable bonds is 6. The van der Waals surface area contributed by atoms with Crippen molar-refractivity contribution < 1.29 is 19.4 Å². The molecule has 19 heavy (non-hydrogen) atoms. The van der Waals surface area contributed by atoms with Crippen LogP contribution in [0.2, 0.25) is 0 Å². The summed E-state index contributed by atoms with van der Waals surface area (Å²) in [7, 11) is 0. The minimum atomic E-state index is -0.881. The number of carboxylic acids is 1. The van der Waals surface area contributed by atoms with Gasteiger partial charge in [-0.1, -0.05) is 0 Å². The van der Waals surface area contributed by atoms with Crippen LogP contribution in [0.5, 0.6) is 11.5 Å². The molecular weight excluding hydrogens is 248 g/mol. The van der Waals surface area contributed by atoms with Gasteiger partial charge in [-0.2, -0.15) is 0 Å². The Labute approximate surface area is 111 Å². The maximum atomic E-state index is 10.5. The fraction of sp³-hybridized carbons (Fsp3) is 0.462. The van der Waals surface area contributed by atoms with Gasteiger partial charge in [-0.25, -0.2) is 0 Å². The Bertz CT molecular complexity index is 476. The molecule has 0 radical (unpaired) electrons. The molecular formula is C13H18N2O4. The lowest BCUT2D eigenvalue weighted by Gasteiger charge is -2.12. The smallest absolute Gasteiger partial charge is 0.304 e. The Morgan fingerprint density at radius 2 is 2.16 bits per heavy atom. The number of nitrogens with two attached hydrogens (primary N) is 1. The topological polar surface area (TPSA) is 93.8 Å². The molecule has 6 nitrogen and oxygen atoms in total. The summed E-state index contributed by atoms with van der Waals surface area (Å²) in [5, 5.41) is 11.8. The number of fused-ring (bicyclic) bond motifs is 1. The molecule has 104 valence electrons. The highest BCUT2D eigenvalue weighted by molar-refractivity contribution is 5.67. The number of carboxylic acid groups (broad SMARTS) is 1. The van der Waals surface area contributed by atoms with Crippen LogP contribution in [0, 0.1) is 6.92 Å². The molecule has 1 aliphatic rings. The van der Waals surface area contributed by atoms with Crippen LogP contribution in [0.4, 0.5) is 0 Å². The molecule has 1 aromatic carbocycles. The summed E-state index contributed by atoms with van der Waals surface area (Å²) in [4.78, 5) is 10.5. The molecule has 6 heteroatoms. The molecule has 0 spiro atoms. The molecule has 1 atom stereocenters. The van der Waals surface area contributed by atoms with E-state index in [2.05, 4.69) is 5.32 Å². The van der Waals surface area contributed by atoms with Gasteiger partial charge in [0, 0.05) is 19.1 Å². The Morgan fingerprint density at radius 1 is 1.47 bits per heavy atom. The number of aryl methyl sites for hydroxylation is 1. The predicted molar refractivity (Wildman–Crippen MR) is 69.2 cm³/mol. The number of nitrogens with one attached hydrogen (secondary N) is 1. The van der Waals surface area contributed by atoms with E-state index in [9.17, 15) is 4.79 Å². The summed E-state index contributed by atoms with van der Waals surface area (Å²) in [5.74, 6) is 0.634. The van der Waals surface area contributed by atoms with Gasteiger partial charge in [0.2, 0.25) is 6.79 Å². The quantitative estimate of drug-likeness (QED) is 0.698. The number of hydrogen-bond acceptors (Lipinski definition) is 5. The second-order valence-electron chi connectivity index (χ2n) is 4.62. The van der Waals surface area contributed by atoms with Crippen molar-refractivity contribution in [2.24, 2.45) is 5.73 Å². The summed E-state index contributed by atoms with van der Waals surface area (Å²) in [6.07, 6.45) is -0.0346. The van der Waals surface area contributed by atoms with Gasteiger partial charge >= 0.3 is 5.97 Å². The van der Waals surface area contributed by atoms with Crippen LogP contribution >= 0.6 is 0 Å². The highest BCUT2D eigenvalue weighted by Gasteiger charge is 2.15. The van der Waals surface area contributed by atoms with E-state index < -0.39 is 5.97 Å². The SMILES string of the molecule is Cc1cc2c(cc1CNCC(N)CC(=O)O)OCO2. The Balaban J connectivity index is 1.88. The molecule has 1 aliphatic heterocycles. The van der Waals surface area contributed by atoms with E-state index in [1.54, 1.807) is 0 Å². The van der Waals surface area contributed by atoms with Crippen molar-refractivity contribution in [3.05, 3.63) is 23.3 Å². The first-order valence-electron chi connectivity index (χ1n) is 6.13. The molecule has 2 rings (SSSR count). The maximum Gasteiger partial charge on any atom is 0.304 e. The Morgan fingerprint density at radius 3 is 2.84 bits per heavy atom. The van der Waals surface area contributed by atoms with Crippen LogP contribution in [0.1, 0.15) is 17.5 Å². The first-order chi connectivity index (χ1) is 9.06. The van der Waals surface area contributed by atoms with Crippen LogP contribution in [-0.4, -0.2) is 30.5 Å². The van der Waals surface area contributed by atoms with Crippen molar-refractivity contribution in [3.63, 3.8) is 0 Å². The van der Waals surface area contributed by atoms with E-state index >= 15 is 0 Å². The molecule has 0 saturated heterocycles. The lowest BCUT2D eigenvalue weighted by atomic mass is 10.1. The summed E-state index contributed by atoms with van der Waals surface area (Å²) in [5.41, 5.74) is 7.87. The fourth-order valence-corrected chi connectivity index (χ4v) is 1.96. The van der Waals surface area contributed by atoms with Crippen molar-refractivity contribution in [3.8, 4) is 11.5 Å². The van der Waals surface area contributed by atoms with Crippen LogP contribution in [0.3, 0.4) is 0 Å². The third kappa shape index (κ3) is 3.59. The zero-order valence-electron chi connectivity index (χ0n) is 10.8. The van der Waals surface area contributed by atoms with Crippen molar-refractivity contribution in [2.75, 3.05) is 13.3 Å². The minimum absolute atomic E-state index is 0.0346. The van der Waals surface area contributed by atoms with Gasteiger partial charge in [-0.15, -0.1) is 0 Å². The number of benzene rings is 1. The average molecular weight is 266 g/mol. The lowest BCUT2D eigenvalue weighted by molar-refractivity contribution is -0.137. The third-order valence-corrected chi connectivity index (χ3v) is 2.99. The molecule has 0 bridgehead atoms. The molecule has 0 amide bonds. The van der Waals surface area contributed by atoms with Gasteiger partial charge in [-0.3, -0.25) is 4.79 Å². The van der Waals surface area contributed by atoms with Gasteiger partial charge in [0.15, 0.2) is 11.5 Å². The molecule has 1 aromatic rings. The Kier molecular flexibility index (Phi) is 4.24. The summed E-state index contributed by atoms with van der Waals surface area (Å²) >= 11 is 0. The summed E-state index contributed by atoms with van der Waals surface area (Å²) in [6, 6.07) is 3.50. The molecule has 0 fully saturated rings. The molecule has 0 aliphatic carbocycles.